The summed E-state index contributed by atoms with van der Waals surface area (Å²) in [7, 11) is 0. The molecule has 0 aliphatic heterocycles. The van der Waals surface area contributed by atoms with Crippen molar-refractivity contribution in [3.8, 4) is 0 Å². The van der Waals surface area contributed by atoms with Gasteiger partial charge in [0.05, 0.1) is 0 Å². The largest absolute Gasteiger partial charge is 0.376 e. The Kier molecular flexibility index (Phi) is 7.74. The standard InChI is InChI=1S/C12H19Br5O/c13-10(14)8-6-4-2-1-3-5-7-9-11(15,18)12(10,16)17/h18H,1-9H2. The summed E-state index contributed by atoms with van der Waals surface area (Å²) in [5.41, 5.74) is 0. The lowest BCUT2D eigenvalue weighted by Gasteiger charge is -2.43. The second-order valence-corrected chi connectivity index (χ2v) is 13.5. The van der Waals surface area contributed by atoms with Crippen molar-refractivity contribution in [2.45, 2.75) is 68.8 Å². The van der Waals surface area contributed by atoms with Gasteiger partial charge < -0.3 is 5.11 Å². The van der Waals surface area contributed by atoms with E-state index in [0.717, 1.165) is 19.3 Å². The number of halogens is 5. The van der Waals surface area contributed by atoms with Crippen LogP contribution in [0.5, 0.6) is 0 Å². The van der Waals surface area contributed by atoms with Crippen LogP contribution in [0.4, 0.5) is 0 Å². The molecule has 18 heavy (non-hydrogen) atoms. The molecule has 0 radical (unpaired) electrons. The molecule has 0 heterocycles. The fraction of sp³-hybridized carbons (Fsp3) is 1.00. The predicted octanol–water partition coefficient (Wildman–Crippen LogP) is 6.57. The first kappa shape index (κ1) is 18.4. The monoisotopic (exact) mass is 574 g/mol. The van der Waals surface area contributed by atoms with Crippen molar-refractivity contribution in [2.24, 2.45) is 0 Å². The molecule has 1 unspecified atom stereocenters. The van der Waals surface area contributed by atoms with E-state index in [0.29, 0.717) is 6.42 Å². The Morgan fingerprint density at radius 2 is 1.00 bits per heavy atom. The molecule has 0 aromatic carbocycles. The van der Waals surface area contributed by atoms with E-state index in [1.807, 2.05) is 0 Å². The van der Waals surface area contributed by atoms with Crippen LogP contribution in [0.3, 0.4) is 0 Å². The molecule has 1 N–H and O–H groups in total. The third-order valence-electron chi connectivity index (χ3n) is 3.44. The van der Waals surface area contributed by atoms with Crippen LogP contribution in [-0.2, 0) is 0 Å². The second-order valence-electron chi connectivity index (χ2n) is 5.01. The number of hydrogen-bond donors (Lipinski definition) is 1. The summed E-state index contributed by atoms with van der Waals surface area (Å²) in [6, 6.07) is 0. The van der Waals surface area contributed by atoms with Gasteiger partial charge in [0, 0.05) is 0 Å². The molecule has 1 rings (SSSR count). The number of aliphatic hydroxyl groups is 1. The van der Waals surface area contributed by atoms with Crippen LogP contribution in [0, 0.1) is 0 Å². The van der Waals surface area contributed by atoms with E-state index in [4.69, 9.17) is 0 Å². The third kappa shape index (κ3) is 4.69. The van der Waals surface area contributed by atoms with Gasteiger partial charge in [-0.15, -0.1) is 0 Å². The van der Waals surface area contributed by atoms with E-state index in [2.05, 4.69) is 79.6 Å². The zero-order chi connectivity index (χ0) is 13.9. The topological polar surface area (TPSA) is 20.2 Å². The summed E-state index contributed by atoms with van der Waals surface area (Å²) in [5, 5.41) is 10.7. The molecule has 0 spiro atoms. The zero-order valence-electron chi connectivity index (χ0n) is 10.2. The van der Waals surface area contributed by atoms with Crippen LogP contribution in [-0.4, -0.2) is 16.1 Å². The Morgan fingerprint density at radius 1 is 0.611 bits per heavy atom. The van der Waals surface area contributed by atoms with Crippen molar-refractivity contribution in [3.63, 3.8) is 0 Å². The maximum Gasteiger partial charge on any atom is 0.146 e. The van der Waals surface area contributed by atoms with Gasteiger partial charge in [-0.05, 0) is 19.3 Å². The van der Waals surface area contributed by atoms with Crippen LogP contribution in [0.1, 0.15) is 57.8 Å². The Morgan fingerprint density at radius 3 is 1.50 bits per heavy atom. The van der Waals surface area contributed by atoms with E-state index >= 15 is 0 Å². The predicted molar refractivity (Wildman–Crippen MR) is 96.6 cm³/mol. The summed E-state index contributed by atoms with van der Waals surface area (Å²) in [6.07, 6.45) is 10.1. The van der Waals surface area contributed by atoms with Crippen molar-refractivity contribution in [3.05, 3.63) is 0 Å². The maximum atomic E-state index is 10.7. The van der Waals surface area contributed by atoms with Crippen molar-refractivity contribution < 1.29 is 5.11 Å². The van der Waals surface area contributed by atoms with Gasteiger partial charge in [-0.1, -0.05) is 118 Å². The molecule has 1 aliphatic carbocycles. The van der Waals surface area contributed by atoms with Crippen LogP contribution in [0.15, 0.2) is 0 Å². The van der Waals surface area contributed by atoms with Crippen molar-refractivity contribution in [2.75, 3.05) is 0 Å². The minimum Gasteiger partial charge on any atom is -0.376 e. The lowest BCUT2D eigenvalue weighted by molar-refractivity contribution is 0.118. The zero-order valence-corrected chi connectivity index (χ0v) is 18.1. The van der Waals surface area contributed by atoms with Gasteiger partial charge in [-0.2, -0.15) is 0 Å². The molecule has 0 saturated heterocycles. The lowest BCUT2D eigenvalue weighted by Crippen LogP contribution is -2.51. The SMILES string of the molecule is OC1(Br)CCCCCCCCCC(Br)(Br)C1(Br)Br. The molecule has 108 valence electrons. The average molecular weight is 579 g/mol. The highest BCUT2D eigenvalue weighted by Gasteiger charge is 2.56. The maximum absolute atomic E-state index is 10.7. The van der Waals surface area contributed by atoms with Crippen molar-refractivity contribution >= 4 is 79.6 Å². The van der Waals surface area contributed by atoms with Crippen LogP contribution >= 0.6 is 79.6 Å². The quantitative estimate of drug-likeness (QED) is 0.323. The second kappa shape index (κ2) is 7.57. The molecular weight excluding hydrogens is 560 g/mol. The van der Waals surface area contributed by atoms with Gasteiger partial charge in [0.2, 0.25) is 0 Å². The Labute approximate surface area is 152 Å². The van der Waals surface area contributed by atoms with Crippen LogP contribution < -0.4 is 0 Å². The highest BCUT2D eigenvalue weighted by Crippen LogP contribution is 2.59. The molecule has 1 nitrogen and oxygen atoms in total. The molecule has 0 aromatic rings. The van der Waals surface area contributed by atoms with Gasteiger partial charge in [0.25, 0.3) is 0 Å². The molecule has 0 aromatic heterocycles. The number of hydrogen-bond acceptors (Lipinski definition) is 1. The number of alkyl halides is 5. The van der Waals surface area contributed by atoms with Crippen LogP contribution in [0.2, 0.25) is 0 Å². The minimum absolute atomic E-state index is 0.384. The summed E-state index contributed by atoms with van der Waals surface area (Å²) >= 11 is 18.2. The first-order valence-electron chi connectivity index (χ1n) is 6.38. The van der Waals surface area contributed by atoms with Gasteiger partial charge in [0.15, 0.2) is 0 Å². The Balaban J connectivity index is 2.83. The molecule has 1 aliphatic rings. The van der Waals surface area contributed by atoms with Gasteiger partial charge in [0.1, 0.15) is 11.0 Å². The van der Waals surface area contributed by atoms with Crippen LogP contribution in [0.25, 0.3) is 0 Å². The molecule has 1 atom stereocenters. The van der Waals surface area contributed by atoms with Crippen molar-refractivity contribution in [1.29, 1.82) is 0 Å². The van der Waals surface area contributed by atoms with E-state index in [-0.39, 0.29) is 3.23 Å². The Hall–Kier alpha value is 2.36. The van der Waals surface area contributed by atoms with Gasteiger partial charge in [-0.3, -0.25) is 0 Å². The molecule has 0 amide bonds. The Bertz CT molecular complexity index is 241. The van der Waals surface area contributed by atoms with Crippen molar-refractivity contribution in [1.82, 2.24) is 0 Å². The fourth-order valence-corrected chi connectivity index (χ4v) is 5.34. The molecular formula is C12H19Br5O. The smallest absolute Gasteiger partial charge is 0.146 e. The summed E-state index contributed by atoms with van der Waals surface area (Å²) < 4.78 is -2.03. The first-order valence-corrected chi connectivity index (χ1v) is 10.3. The lowest BCUT2D eigenvalue weighted by atomic mass is 9.99. The van der Waals surface area contributed by atoms with E-state index in [9.17, 15) is 5.11 Å². The summed E-state index contributed by atoms with van der Waals surface area (Å²) in [4.78, 5) is 0. The van der Waals surface area contributed by atoms with E-state index < -0.39 is 7.74 Å². The summed E-state index contributed by atoms with van der Waals surface area (Å²) in [5.74, 6) is 0. The molecule has 1 fully saturated rings. The molecule has 6 heteroatoms. The van der Waals surface area contributed by atoms with E-state index in [1.54, 1.807) is 0 Å². The highest BCUT2D eigenvalue weighted by molar-refractivity contribution is 9.31. The van der Waals surface area contributed by atoms with Gasteiger partial charge in [-0.25, -0.2) is 0 Å². The molecule has 1 saturated carbocycles. The average Bonchev–Trinajstić information content (AvgIpc) is 2.25. The fourth-order valence-electron chi connectivity index (χ4n) is 2.18. The number of rotatable bonds is 0. The van der Waals surface area contributed by atoms with Gasteiger partial charge >= 0.3 is 0 Å². The normalized spacial score (nSPS) is 34.3. The highest BCUT2D eigenvalue weighted by atomic mass is 79.9. The van der Waals surface area contributed by atoms with E-state index in [1.165, 1.54) is 32.1 Å². The third-order valence-corrected chi connectivity index (χ3v) is 12.3. The summed E-state index contributed by atoms with van der Waals surface area (Å²) in [6.45, 7) is 0. The first-order chi connectivity index (χ1) is 8.21. The molecule has 0 bridgehead atoms. The minimum atomic E-state index is -0.994.